The summed E-state index contributed by atoms with van der Waals surface area (Å²) < 4.78 is 10.1. The Hall–Kier alpha value is -1.97. The third-order valence-corrected chi connectivity index (χ3v) is 2.31. The van der Waals surface area contributed by atoms with Gasteiger partial charge >= 0.3 is 5.97 Å². The summed E-state index contributed by atoms with van der Waals surface area (Å²) in [5, 5.41) is 3.03. The van der Waals surface area contributed by atoms with Gasteiger partial charge in [-0.25, -0.2) is 4.79 Å². The molecule has 1 aliphatic rings. The van der Waals surface area contributed by atoms with Crippen LogP contribution in [-0.4, -0.2) is 26.2 Å². The molecule has 0 unspecified atom stereocenters. The summed E-state index contributed by atoms with van der Waals surface area (Å²) in [6.45, 7) is 1.28. The van der Waals surface area contributed by atoms with Crippen molar-refractivity contribution in [2.24, 2.45) is 0 Å². The molecule has 0 amide bonds. The van der Waals surface area contributed by atoms with Crippen molar-refractivity contribution in [2.75, 3.05) is 20.3 Å². The number of hydrogen-bond acceptors (Lipinski definition) is 4. The molecule has 0 saturated carbocycles. The zero-order valence-corrected chi connectivity index (χ0v) is 9.03. The molecular formula is C12H13NO3. The highest BCUT2D eigenvalue weighted by Gasteiger charge is 2.22. The molecule has 1 heterocycles. The molecule has 1 fully saturated rings. The summed E-state index contributed by atoms with van der Waals surface area (Å²) in [5.74, 6) is 0.105. The Morgan fingerprint density at radius 1 is 1.38 bits per heavy atom. The lowest BCUT2D eigenvalue weighted by Gasteiger charge is -2.08. The topological polar surface area (TPSA) is 47.6 Å². The fourth-order valence-corrected chi connectivity index (χ4v) is 1.58. The van der Waals surface area contributed by atoms with Crippen molar-refractivity contribution in [3.63, 3.8) is 0 Å². The molecule has 0 radical (unpaired) electrons. The minimum absolute atomic E-state index is 0.393. The predicted octanol–water partition coefficient (Wildman–Crippen LogP) is 1.15. The third-order valence-electron chi connectivity index (χ3n) is 2.31. The van der Waals surface area contributed by atoms with E-state index >= 15 is 0 Å². The van der Waals surface area contributed by atoms with E-state index in [-0.39, 0.29) is 0 Å². The number of esters is 1. The Bertz CT molecular complexity index is 404. The van der Waals surface area contributed by atoms with Crippen molar-refractivity contribution in [1.82, 2.24) is 5.32 Å². The summed E-state index contributed by atoms with van der Waals surface area (Å²) in [6, 6.07) is 9.33. The van der Waals surface area contributed by atoms with Crippen molar-refractivity contribution in [3.05, 3.63) is 41.8 Å². The van der Waals surface area contributed by atoms with Gasteiger partial charge in [0.2, 0.25) is 5.88 Å². The van der Waals surface area contributed by atoms with Crippen molar-refractivity contribution in [1.29, 1.82) is 0 Å². The molecule has 16 heavy (non-hydrogen) atoms. The van der Waals surface area contributed by atoms with Crippen LogP contribution in [0.5, 0.6) is 0 Å². The second-order valence-corrected chi connectivity index (χ2v) is 3.34. The molecule has 1 saturated heterocycles. The van der Waals surface area contributed by atoms with Gasteiger partial charge in [-0.3, -0.25) is 0 Å². The second kappa shape index (κ2) is 4.70. The van der Waals surface area contributed by atoms with Crippen LogP contribution in [0, 0.1) is 0 Å². The predicted molar refractivity (Wildman–Crippen MR) is 59.3 cm³/mol. The van der Waals surface area contributed by atoms with Crippen molar-refractivity contribution in [2.45, 2.75) is 0 Å². The first-order chi connectivity index (χ1) is 7.83. The van der Waals surface area contributed by atoms with Crippen LogP contribution in [0.25, 0.3) is 5.57 Å². The largest absolute Gasteiger partial charge is 0.477 e. The Balaban J connectivity index is 2.43. The van der Waals surface area contributed by atoms with Crippen LogP contribution >= 0.6 is 0 Å². The maximum Gasteiger partial charge on any atom is 0.343 e. The first-order valence-electron chi connectivity index (χ1n) is 5.07. The summed E-state index contributed by atoms with van der Waals surface area (Å²) in [5.41, 5.74) is 1.24. The molecule has 2 rings (SSSR count). The van der Waals surface area contributed by atoms with Crippen LogP contribution in [-0.2, 0) is 14.3 Å². The molecule has 0 aliphatic carbocycles. The number of rotatable bonds is 2. The fraction of sp³-hybridized carbons (Fsp3) is 0.250. The number of methoxy groups -OCH3 is 1. The Morgan fingerprint density at radius 2 is 2.12 bits per heavy atom. The SMILES string of the molecule is COC(=O)/C(=C1/NCCO1)c1ccccc1. The van der Waals surface area contributed by atoms with Gasteiger partial charge < -0.3 is 14.8 Å². The van der Waals surface area contributed by atoms with Crippen LogP contribution in [0.2, 0.25) is 0 Å². The summed E-state index contributed by atoms with van der Waals surface area (Å²) >= 11 is 0. The van der Waals surface area contributed by atoms with Crippen molar-refractivity contribution < 1.29 is 14.3 Å². The standard InChI is InChI=1S/C12H13NO3/c1-15-12(14)10(11-13-7-8-16-11)9-5-3-2-4-6-9/h2-6,13H,7-8H2,1H3/b11-10-. The van der Waals surface area contributed by atoms with Crippen LogP contribution < -0.4 is 5.32 Å². The summed E-state index contributed by atoms with van der Waals surface area (Å²) in [4.78, 5) is 11.7. The van der Waals surface area contributed by atoms with Gasteiger partial charge in [0.05, 0.1) is 13.7 Å². The van der Waals surface area contributed by atoms with E-state index in [0.29, 0.717) is 24.6 Å². The number of ether oxygens (including phenoxy) is 2. The fourth-order valence-electron chi connectivity index (χ4n) is 1.58. The molecule has 0 atom stereocenters. The van der Waals surface area contributed by atoms with E-state index in [2.05, 4.69) is 5.32 Å². The first kappa shape index (κ1) is 10.5. The number of nitrogens with one attached hydrogen (secondary N) is 1. The third kappa shape index (κ3) is 2.00. The first-order valence-corrected chi connectivity index (χ1v) is 5.07. The highest BCUT2D eigenvalue weighted by molar-refractivity contribution is 6.17. The highest BCUT2D eigenvalue weighted by atomic mass is 16.5. The average Bonchev–Trinajstić information content (AvgIpc) is 2.84. The summed E-state index contributed by atoms with van der Waals surface area (Å²) in [7, 11) is 1.36. The van der Waals surface area contributed by atoms with E-state index in [0.717, 1.165) is 5.56 Å². The molecule has 4 heteroatoms. The quantitative estimate of drug-likeness (QED) is 0.598. The smallest absolute Gasteiger partial charge is 0.343 e. The van der Waals surface area contributed by atoms with Gasteiger partial charge in [0.1, 0.15) is 12.2 Å². The molecule has 1 N–H and O–H groups in total. The molecule has 0 bridgehead atoms. The van der Waals surface area contributed by atoms with E-state index < -0.39 is 5.97 Å². The normalized spacial score (nSPS) is 17.3. The second-order valence-electron chi connectivity index (χ2n) is 3.34. The van der Waals surface area contributed by atoms with E-state index in [4.69, 9.17) is 9.47 Å². The zero-order valence-electron chi connectivity index (χ0n) is 9.03. The van der Waals surface area contributed by atoms with Crippen molar-refractivity contribution >= 4 is 11.5 Å². The van der Waals surface area contributed by atoms with E-state index in [9.17, 15) is 4.79 Å². The number of benzene rings is 1. The number of carbonyl (C=O) groups excluding carboxylic acids is 1. The van der Waals surface area contributed by atoms with Gasteiger partial charge in [0, 0.05) is 0 Å². The van der Waals surface area contributed by atoms with E-state index in [1.54, 1.807) is 0 Å². The van der Waals surface area contributed by atoms with E-state index in [1.807, 2.05) is 30.3 Å². The lowest BCUT2D eigenvalue weighted by atomic mass is 10.1. The van der Waals surface area contributed by atoms with Gasteiger partial charge in [-0.1, -0.05) is 30.3 Å². The Morgan fingerprint density at radius 3 is 2.69 bits per heavy atom. The van der Waals surface area contributed by atoms with Crippen molar-refractivity contribution in [3.8, 4) is 0 Å². The lowest BCUT2D eigenvalue weighted by molar-refractivity contribution is -0.133. The summed E-state index contributed by atoms with van der Waals surface area (Å²) in [6.07, 6.45) is 0. The van der Waals surface area contributed by atoms with Gasteiger partial charge in [0.15, 0.2) is 0 Å². The maximum absolute atomic E-state index is 11.7. The molecule has 0 aromatic heterocycles. The molecule has 1 aromatic carbocycles. The number of carbonyl (C=O) groups is 1. The molecular weight excluding hydrogens is 206 g/mol. The van der Waals surface area contributed by atoms with Gasteiger partial charge in [0.25, 0.3) is 0 Å². The molecule has 4 nitrogen and oxygen atoms in total. The highest BCUT2D eigenvalue weighted by Crippen LogP contribution is 2.21. The van der Waals surface area contributed by atoms with Crippen LogP contribution in [0.15, 0.2) is 36.2 Å². The van der Waals surface area contributed by atoms with Crippen LogP contribution in [0.3, 0.4) is 0 Å². The van der Waals surface area contributed by atoms with Crippen LogP contribution in [0.1, 0.15) is 5.56 Å². The minimum Gasteiger partial charge on any atom is -0.477 e. The molecule has 84 valence electrons. The minimum atomic E-state index is -0.393. The zero-order chi connectivity index (χ0) is 11.4. The van der Waals surface area contributed by atoms with Gasteiger partial charge in [-0.15, -0.1) is 0 Å². The molecule has 1 aromatic rings. The Kier molecular flexibility index (Phi) is 3.10. The average molecular weight is 219 g/mol. The molecule has 1 aliphatic heterocycles. The van der Waals surface area contributed by atoms with Gasteiger partial charge in [-0.05, 0) is 5.56 Å². The number of hydrogen-bond donors (Lipinski definition) is 1. The van der Waals surface area contributed by atoms with Gasteiger partial charge in [-0.2, -0.15) is 0 Å². The monoisotopic (exact) mass is 219 g/mol. The Labute approximate surface area is 93.9 Å². The molecule has 0 spiro atoms. The lowest BCUT2D eigenvalue weighted by Crippen LogP contribution is -2.13. The van der Waals surface area contributed by atoms with E-state index in [1.165, 1.54) is 7.11 Å². The van der Waals surface area contributed by atoms with Crippen LogP contribution in [0.4, 0.5) is 0 Å². The maximum atomic E-state index is 11.7.